The zero-order chi connectivity index (χ0) is 11.3. The molecule has 1 aromatic carbocycles. The van der Waals surface area contributed by atoms with Crippen molar-refractivity contribution in [2.45, 2.75) is 40.0 Å². The maximum absolute atomic E-state index is 12.2. The van der Waals surface area contributed by atoms with E-state index in [2.05, 4.69) is 6.92 Å². The van der Waals surface area contributed by atoms with E-state index < -0.39 is 0 Å². The molecular formula is C14H20O. The molecule has 0 radical (unpaired) electrons. The maximum Gasteiger partial charge on any atom is 0.168 e. The van der Waals surface area contributed by atoms with Crippen LogP contribution in [0, 0.1) is 5.41 Å². The number of carbonyl (C=O) groups is 1. The molecule has 0 N–H and O–H groups in total. The first-order valence-corrected chi connectivity index (χ1v) is 5.68. The van der Waals surface area contributed by atoms with Crippen LogP contribution in [0.5, 0.6) is 0 Å². The van der Waals surface area contributed by atoms with Gasteiger partial charge in [-0.15, -0.1) is 0 Å². The normalized spacial score (nSPS) is 11.4. The number of rotatable bonds is 5. The van der Waals surface area contributed by atoms with E-state index in [0.717, 1.165) is 24.8 Å². The number of hydrogen-bond acceptors (Lipinski definition) is 1. The Morgan fingerprint density at radius 3 is 2.33 bits per heavy atom. The van der Waals surface area contributed by atoms with Crippen molar-refractivity contribution in [3.8, 4) is 0 Å². The summed E-state index contributed by atoms with van der Waals surface area (Å²) in [6.45, 7) is 6.24. The van der Waals surface area contributed by atoms with Gasteiger partial charge in [-0.1, -0.05) is 63.9 Å². The van der Waals surface area contributed by atoms with E-state index >= 15 is 0 Å². The zero-order valence-electron chi connectivity index (χ0n) is 9.92. The molecule has 0 saturated heterocycles. The van der Waals surface area contributed by atoms with Crippen molar-refractivity contribution in [1.29, 1.82) is 0 Å². The number of benzene rings is 1. The standard InChI is InChI=1S/C14H20O/c1-4-5-11-14(2,3)13(15)12-9-7-6-8-10-12/h6-10H,4-5,11H2,1-3H3. The lowest BCUT2D eigenvalue weighted by atomic mass is 9.80. The molecule has 0 atom stereocenters. The van der Waals surface area contributed by atoms with Crippen LogP contribution in [0.1, 0.15) is 50.4 Å². The van der Waals surface area contributed by atoms with Crippen molar-refractivity contribution in [1.82, 2.24) is 0 Å². The van der Waals surface area contributed by atoms with Gasteiger partial charge >= 0.3 is 0 Å². The second-order valence-corrected chi connectivity index (χ2v) is 4.68. The van der Waals surface area contributed by atoms with Crippen molar-refractivity contribution >= 4 is 5.78 Å². The predicted octanol–water partition coefficient (Wildman–Crippen LogP) is 4.09. The molecule has 0 aromatic heterocycles. The SMILES string of the molecule is CCCCC(C)(C)C(=O)c1ccccc1. The topological polar surface area (TPSA) is 17.1 Å². The molecule has 1 heteroatoms. The maximum atomic E-state index is 12.2. The summed E-state index contributed by atoms with van der Waals surface area (Å²) in [5, 5.41) is 0. The van der Waals surface area contributed by atoms with E-state index in [9.17, 15) is 4.79 Å². The average molecular weight is 204 g/mol. The summed E-state index contributed by atoms with van der Waals surface area (Å²) in [6.07, 6.45) is 3.23. The van der Waals surface area contributed by atoms with Crippen LogP contribution in [-0.2, 0) is 0 Å². The van der Waals surface area contributed by atoms with Crippen LogP contribution in [0.25, 0.3) is 0 Å². The number of Topliss-reactive ketones (excluding diaryl/α,β-unsaturated/α-hetero) is 1. The molecule has 0 aliphatic rings. The van der Waals surface area contributed by atoms with E-state index in [4.69, 9.17) is 0 Å². The molecular weight excluding hydrogens is 184 g/mol. The summed E-state index contributed by atoms with van der Waals surface area (Å²) in [7, 11) is 0. The number of hydrogen-bond donors (Lipinski definition) is 0. The van der Waals surface area contributed by atoms with Crippen LogP contribution in [0.15, 0.2) is 30.3 Å². The Hall–Kier alpha value is -1.11. The van der Waals surface area contributed by atoms with Gasteiger partial charge in [0.15, 0.2) is 5.78 Å². The summed E-state index contributed by atoms with van der Waals surface area (Å²) >= 11 is 0. The third-order valence-corrected chi connectivity index (χ3v) is 2.81. The van der Waals surface area contributed by atoms with E-state index in [0.29, 0.717) is 0 Å². The molecule has 0 bridgehead atoms. The summed E-state index contributed by atoms with van der Waals surface area (Å²) < 4.78 is 0. The second kappa shape index (κ2) is 5.11. The molecule has 0 saturated carbocycles. The quantitative estimate of drug-likeness (QED) is 0.660. The van der Waals surface area contributed by atoms with Crippen LogP contribution in [0.2, 0.25) is 0 Å². The highest BCUT2D eigenvalue weighted by atomic mass is 16.1. The Morgan fingerprint density at radius 1 is 1.20 bits per heavy atom. The van der Waals surface area contributed by atoms with Crippen LogP contribution < -0.4 is 0 Å². The van der Waals surface area contributed by atoms with Crippen molar-refractivity contribution < 1.29 is 4.79 Å². The third-order valence-electron chi connectivity index (χ3n) is 2.81. The summed E-state index contributed by atoms with van der Waals surface area (Å²) in [5.74, 6) is 0.261. The molecule has 1 rings (SSSR count). The predicted molar refractivity (Wildman–Crippen MR) is 64.1 cm³/mol. The first-order chi connectivity index (χ1) is 7.08. The summed E-state index contributed by atoms with van der Waals surface area (Å²) in [4.78, 5) is 12.2. The van der Waals surface area contributed by atoms with Crippen LogP contribution in [-0.4, -0.2) is 5.78 Å². The Kier molecular flexibility index (Phi) is 4.07. The Balaban J connectivity index is 2.75. The van der Waals surface area contributed by atoms with Gasteiger partial charge < -0.3 is 0 Å². The van der Waals surface area contributed by atoms with E-state index in [1.807, 2.05) is 44.2 Å². The largest absolute Gasteiger partial charge is 0.294 e. The molecule has 15 heavy (non-hydrogen) atoms. The van der Waals surface area contributed by atoms with Gasteiger partial charge in [0, 0.05) is 11.0 Å². The van der Waals surface area contributed by atoms with E-state index in [1.54, 1.807) is 0 Å². The summed E-state index contributed by atoms with van der Waals surface area (Å²) in [6, 6.07) is 9.58. The molecule has 0 spiro atoms. The van der Waals surface area contributed by atoms with Gasteiger partial charge in [-0.25, -0.2) is 0 Å². The fourth-order valence-electron chi connectivity index (χ4n) is 1.71. The van der Waals surface area contributed by atoms with E-state index in [1.165, 1.54) is 0 Å². The van der Waals surface area contributed by atoms with Gasteiger partial charge in [-0.05, 0) is 6.42 Å². The van der Waals surface area contributed by atoms with Crippen molar-refractivity contribution in [3.63, 3.8) is 0 Å². The Bertz CT molecular complexity index is 311. The second-order valence-electron chi connectivity index (χ2n) is 4.68. The number of unbranched alkanes of at least 4 members (excludes halogenated alkanes) is 1. The van der Waals surface area contributed by atoms with Gasteiger partial charge in [0.25, 0.3) is 0 Å². The molecule has 0 aliphatic carbocycles. The third kappa shape index (κ3) is 3.19. The minimum Gasteiger partial charge on any atom is -0.294 e. The van der Waals surface area contributed by atoms with Crippen molar-refractivity contribution in [2.75, 3.05) is 0 Å². The molecule has 1 nitrogen and oxygen atoms in total. The monoisotopic (exact) mass is 204 g/mol. The number of ketones is 1. The molecule has 1 aromatic rings. The molecule has 0 unspecified atom stereocenters. The highest BCUT2D eigenvalue weighted by Crippen LogP contribution is 2.27. The van der Waals surface area contributed by atoms with Gasteiger partial charge in [0.2, 0.25) is 0 Å². The molecule has 0 aliphatic heterocycles. The van der Waals surface area contributed by atoms with Crippen molar-refractivity contribution in [3.05, 3.63) is 35.9 Å². The van der Waals surface area contributed by atoms with Crippen LogP contribution in [0.3, 0.4) is 0 Å². The first kappa shape index (κ1) is 12.0. The first-order valence-electron chi connectivity index (χ1n) is 5.68. The van der Waals surface area contributed by atoms with E-state index in [-0.39, 0.29) is 11.2 Å². The van der Waals surface area contributed by atoms with Gasteiger partial charge in [-0.2, -0.15) is 0 Å². The molecule has 0 amide bonds. The fraction of sp³-hybridized carbons (Fsp3) is 0.500. The minimum atomic E-state index is -0.225. The summed E-state index contributed by atoms with van der Waals surface area (Å²) in [5.41, 5.74) is 0.607. The van der Waals surface area contributed by atoms with Crippen LogP contribution in [0.4, 0.5) is 0 Å². The minimum absolute atomic E-state index is 0.225. The lowest BCUT2D eigenvalue weighted by molar-refractivity contribution is 0.0823. The average Bonchev–Trinajstić information content (AvgIpc) is 2.26. The molecule has 82 valence electrons. The number of carbonyl (C=O) groups excluding carboxylic acids is 1. The molecule has 0 heterocycles. The highest BCUT2D eigenvalue weighted by Gasteiger charge is 2.27. The fourth-order valence-corrected chi connectivity index (χ4v) is 1.71. The lowest BCUT2D eigenvalue weighted by Gasteiger charge is -2.22. The highest BCUT2D eigenvalue weighted by molar-refractivity contribution is 5.99. The lowest BCUT2D eigenvalue weighted by Crippen LogP contribution is -2.24. The Labute approximate surface area is 92.5 Å². The molecule has 0 fully saturated rings. The smallest absolute Gasteiger partial charge is 0.168 e. The Morgan fingerprint density at radius 2 is 1.80 bits per heavy atom. The van der Waals surface area contributed by atoms with Crippen LogP contribution >= 0.6 is 0 Å². The van der Waals surface area contributed by atoms with Crippen molar-refractivity contribution in [2.24, 2.45) is 5.41 Å². The van der Waals surface area contributed by atoms with Gasteiger partial charge in [-0.3, -0.25) is 4.79 Å². The van der Waals surface area contributed by atoms with Gasteiger partial charge in [0.05, 0.1) is 0 Å². The van der Waals surface area contributed by atoms with Gasteiger partial charge in [0.1, 0.15) is 0 Å². The zero-order valence-corrected chi connectivity index (χ0v) is 9.92.